The maximum Gasteiger partial charge on any atom is 0.233 e. The first-order chi connectivity index (χ1) is 21.9. The Bertz CT molecular complexity index is 1710. The Kier molecular flexibility index (Phi) is 8.17. The zero-order valence-electron chi connectivity index (χ0n) is 25.6. The van der Waals surface area contributed by atoms with Gasteiger partial charge >= 0.3 is 0 Å². The summed E-state index contributed by atoms with van der Waals surface area (Å²) in [6.07, 6.45) is 5.04. The Morgan fingerprint density at radius 2 is 1.69 bits per heavy atom. The molecule has 2 bridgehead atoms. The quantitative estimate of drug-likeness (QED) is 0.201. The van der Waals surface area contributed by atoms with Gasteiger partial charge in [-0.2, -0.15) is 0 Å². The number of carbonyl (C=O) groups is 2. The molecule has 2 unspecified atom stereocenters. The third kappa shape index (κ3) is 5.34. The van der Waals surface area contributed by atoms with Gasteiger partial charge in [-0.3, -0.25) is 9.59 Å². The van der Waals surface area contributed by atoms with E-state index in [0.717, 1.165) is 44.2 Å². The van der Waals surface area contributed by atoms with Crippen molar-refractivity contribution in [3.05, 3.63) is 105 Å². The van der Waals surface area contributed by atoms with Crippen molar-refractivity contribution in [2.24, 2.45) is 11.3 Å². The fraction of sp³-hybridized carbons (Fsp3) is 0.378. The van der Waals surface area contributed by atoms with Gasteiger partial charge in [-0.25, -0.2) is 4.98 Å². The van der Waals surface area contributed by atoms with E-state index in [1.165, 1.54) is 33.6 Å². The van der Waals surface area contributed by atoms with Crippen molar-refractivity contribution < 1.29 is 14.3 Å². The Labute approximate surface area is 273 Å². The van der Waals surface area contributed by atoms with Crippen LogP contribution >= 0.6 is 22.9 Å². The molecule has 6 nitrogen and oxygen atoms in total. The molecule has 1 saturated carbocycles. The molecule has 0 aliphatic heterocycles. The maximum atomic E-state index is 14.3. The average Bonchev–Trinajstić information content (AvgIpc) is 3.54. The number of aromatic nitrogens is 1. The number of hydrogen-bond acceptors (Lipinski definition) is 5. The van der Waals surface area contributed by atoms with Crippen molar-refractivity contribution in [2.45, 2.75) is 70.1 Å². The SMILES string of the molecule is CCOc1ccc(NC(=O)[C@@H]2CCCC(c3csc(NC(=O)C4(CC)CC5c6ccccc6C4c4ccccc45)n3)C2)cc1Cl. The van der Waals surface area contributed by atoms with Crippen molar-refractivity contribution in [1.29, 1.82) is 0 Å². The van der Waals surface area contributed by atoms with Crippen molar-refractivity contribution >= 4 is 45.6 Å². The smallest absolute Gasteiger partial charge is 0.233 e. The van der Waals surface area contributed by atoms with Gasteiger partial charge < -0.3 is 15.4 Å². The molecule has 2 amide bonds. The Morgan fingerprint density at radius 1 is 0.978 bits per heavy atom. The molecule has 45 heavy (non-hydrogen) atoms. The summed E-state index contributed by atoms with van der Waals surface area (Å²) < 4.78 is 5.51. The Morgan fingerprint density at radius 3 is 2.36 bits per heavy atom. The highest BCUT2D eigenvalue weighted by Gasteiger charge is 2.55. The minimum Gasteiger partial charge on any atom is -0.492 e. The molecule has 1 fully saturated rings. The number of nitrogens with one attached hydrogen (secondary N) is 2. The first-order valence-corrected chi connectivity index (χ1v) is 17.3. The molecule has 0 spiro atoms. The van der Waals surface area contributed by atoms with Crippen molar-refractivity contribution in [2.75, 3.05) is 17.2 Å². The predicted octanol–water partition coefficient (Wildman–Crippen LogP) is 9.12. The van der Waals surface area contributed by atoms with E-state index in [1.54, 1.807) is 12.1 Å². The van der Waals surface area contributed by atoms with E-state index in [4.69, 9.17) is 21.3 Å². The summed E-state index contributed by atoms with van der Waals surface area (Å²) in [6.45, 7) is 4.58. The van der Waals surface area contributed by atoms with Gasteiger partial charge in [0.05, 0.1) is 22.7 Å². The highest BCUT2D eigenvalue weighted by Crippen LogP contribution is 2.62. The Balaban J connectivity index is 1.06. The van der Waals surface area contributed by atoms with Crippen LogP contribution in [0.15, 0.2) is 72.1 Å². The van der Waals surface area contributed by atoms with Gasteiger partial charge in [-0.05, 0) is 79.5 Å². The molecule has 8 heteroatoms. The normalized spacial score (nSPS) is 24.8. The number of ether oxygens (including phenoxy) is 1. The van der Waals surface area contributed by atoms with Crippen molar-refractivity contribution in [3.8, 4) is 5.75 Å². The first kappa shape index (κ1) is 30.0. The standard InChI is InChI=1S/C37H38ClN3O3S/c1-3-37(20-29-25-12-5-7-14-27(25)33(37)28-15-8-6-13-26(28)29)35(43)41-36-40-31(21-45-36)22-10-9-11-23(18-22)34(42)39-24-16-17-32(44-4-2)30(38)19-24/h5-8,12-17,19,21-23,29,33H,3-4,9-11,18,20H2,1-2H3,(H,39,42)(H,40,41,43)/t22?,23-,29?,33?,37?/m1/s1. The van der Waals surface area contributed by atoms with Gasteiger partial charge in [0.15, 0.2) is 5.13 Å². The third-order valence-corrected chi connectivity index (χ3v) is 11.3. The number of benzene rings is 3. The van der Waals surface area contributed by atoms with Gasteiger partial charge in [0.25, 0.3) is 0 Å². The number of hydrogen-bond donors (Lipinski definition) is 2. The third-order valence-electron chi connectivity index (χ3n) is 10.3. The second-order valence-corrected chi connectivity index (χ2v) is 13.9. The monoisotopic (exact) mass is 639 g/mol. The summed E-state index contributed by atoms with van der Waals surface area (Å²) in [5.41, 5.74) is 6.36. The highest BCUT2D eigenvalue weighted by atomic mass is 35.5. The van der Waals surface area contributed by atoms with Crippen LogP contribution in [0, 0.1) is 11.3 Å². The molecule has 232 valence electrons. The van der Waals surface area contributed by atoms with Gasteiger partial charge in [0, 0.05) is 34.7 Å². The lowest BCUT2D eigenvalue weighted by molar-refractivity contribution is -0.128. The summed E-state index contributed by atoms with van der Waals surface area (Å²) in [4.78, 5) is 32.5. The zero-order valence-corrected chi connectivity index (χ0v) is 27.2. The van der Waals surface area contributed by atoms with E-state index in [-0.39, 0.29) is 35.5 Å². The average molecular weight is 640 g/mol. The lowest BCUT2D eigenvalue weighted by Gasteiger charge is -2.52. The van der Waals surface area contributed by atoms with Crippen LogP contribution < -0.4 is 15.4 Å². The molecule has 4 aliphatic carbocycles. The lowest BCUT2D eigenvalue weighted by atomic mass is 9.51. The summed E-state index contributed by atoms with van der Waals surface area (Å²) in [6, 6.07) is 22.7. The molecule has 3 atom stereocenters. The van der Waals surface area contributed by atoms with Gasteiger partial charge in [-0.1, -0.05) is 73.5 Å². The van der Waals surface area contributed by atoms with E-state index in [9.17, 15) is 9.59 Å². The molecule has 1 aromatic heterocycles. The lowest BCUT2D eigenvalue weighted by Crippen LogP contribution is -2.48. The molecule has 4 aliphatic rings. The van der Waals surface area contributed by atoms with E-state index in [1.807, 2.05) is 13.0 Å². The number of rotatable bonds is 8. The van der Waals surface area contributed by atoms with Gasteiger partial charge in [0.1, 0.15) is 5.75 Å². The summed E-state index contributed by atoms with van der Waals surface area (Å²) in [5.74, 6) is 0.948. The number of anilines is 2. The summed E-state index contributed by atoms with van der Waals surface area (Å²) in [5, 5.41) is 9.48. The number of nitrogens with zero attached hydrogens (tertiary/aromatic N) is 1. The number of thiazole rings is 1. The number of halogens is 1. The van der Waals surface area contributed by atoms with Crippen LogP contribution in [0.3, 0.4) is 0 Å². The van der Waals surface area contributed by atoms with Crippen molar-refractivity contribution in [3.63, 3.8) is 0 Å². The van der Waals surface area contributed by atoms with Crippen LogP contribution in [-0.4, -0.2) is 23.4 Å². The molecule has 4 aromatic rings. The number of fused-ring (bicyclic) bond motifs is 1. The zero-order chi connectivity index (χ0) is 31.1. The number of amides is 2. The summed E-state index contributed by atoms with van der Waals surface area (Å²) >= 11 is 7.82. The van der Waals surface area contributed by atoms with Gasteiger partial charge in [0.2, 0.25) is 11.8 Å². The van der Waals surface area contributed by atoms with Crippen LogP contribution in [0.1, 0.15) is 98.1 Å². The second kappa shape index (κ2) is 12.3. The minimum atomic E-state index is -0.545. The first-order valence-electron chi connectivity index (χ1n) is 16.1. The van der Waals surface area contributed by atoms with Crippen LogP contribution in [0.2, 0.25) is 5.02 Å². The summed E-state index contributed by atoms with van der Waals surface area (Å²) in [7, 11) is 0. The van der Waals surface area contributed by atoms with E-state index >= 15 is 0 Å². The molecule has 3 aromatic carbocycles. The molecule has 1 heterocycles. The fourth-order valence-electron chi connectivity index (χ4n) is 8.09. The second-order valence-electron chi connectivity index (χ2n) is 12.6. The van der Waals surface area contributed by atoms with Crippen molar-refractivity contribution in [1.82, 2.24) is 4.98 Å². The van der Waals surface area contributed by atoms with Crippen LogP contribution in [-0.2, 0) is 9.59 Å². The Hall–Kier alpha value is -3.68. The molecule has 2 N–H and O–H groups in total. The van der Waals surface area contributed by atoms with E-state index in [0.29, 0.717) is 28.2 Å². The largest absolute Gasteiger partial charge is 0.492 e. The van der Waals surface area contributed by atoms with Gasteiger partial charge in [-0.15, -0.1) is 11.3 Å². The molecule has 0 saturated heterocycles. The highest BCUT2D eigenvalue weighted by molar-refractivity contribution is 7.14. The molecule has 0 radical (unpaired) electrons. The topological polar surface area (TPSA) is 80.3 Å². The molecular formula is C37H38ClN3O3S. The minimum absolute atomic E-state index is 0.00137. The van der Waals surface area contributed by atoms with Crippen LogP contribution in [0.25, 0.3) is 0 Å². The number of carbonyl (C=O) groups excluding carboxylic acids is 2. The van der Waals surface area contributed by atoms with Crippen LogP contribution in [0.5, 0.6) is 5.75 Å². The predicted molar refractivity (Wildman–Crippen MR) is 181 cm³/mol. The van der Waals surface area contributed by atoms with E-state index < -0.39 is 5.41 Å². The molecular weight excluding hydrogens is 602 g/mol. The van der Waals surface area contributed by atoms with E-state index in [2.05, 4.69) is 71.5 Å². The van der Waals surface area contributed by atoms with Crippen LogP contribution in [0.4, 0.5) is 10.8 Å². The fourth-order valence-corrected chi connectivity index (χ4v) is 9.11. The molecule has 8 rings (SSSR count). The maximum absolute atomic E-state index is 14.3.